The van der Waals surface area contributed by atoms with E-state index in [-0.39, 0.29) is 0 Å². The van der Waals surface area contributed by atoms with Gasteiger partial charge in [0.1, 0.15) is 17.8 Å². The van der Waals surface area contributed by atoms with Crippen LogP contribution in [-0.2, 0) is 19.1 Å². The lowest BCUT2D eigenvalue weighted by atomic mass is 9.77. The fourth-order valence-corrected chi connectivity index (χ4v) is 3.88. The van der Waals surface area contributed by atoms with Crippen molar-refractivity contribution in [3.63, 3.8) is 0 Å². The molecule has 0 radical (unpaired) electrons. The van der Waals surface area contributed by atoms with Crippen molar-refractivity contribution in [2.45, 2.75) is 58.1 Å². The Labute approximate surface area is 181 Å². The molecular weight excluding hydrogens is 402 g/mol. The van der Waals surface area contributed by atoms with E-state index in [2.05, 4.69) is 17.6 Å². The van der Waals surface area contributed by atoms with Gasteiger partial charge in [-0.2, -0.15) is 0 Å². The second-order valence-electron chi connectivity index (χ2n) is 8.16. The van der Waals surface area contributed by atoms with Gasteiger partial charge < -0.3 is 20.1 Å². The van der Waals surface area contributed by atoms with Crippen LogP contribution >= 0.6 is 0 Å². The van der Waals surface area contributed by atoms with E-state index in [0.29, 0.717) is 36.8 Å². The average Bonchev–Trinajstić information content (AvgIpc) is 2.96. The number of nitrogens with one attached hydrogen (secondary N) is 2. The van der Waals surface area contributed by atoms with Crippen molar-refractivity contribution >= 4 is 29.5 Å². The fraction of sp³-hybridized carbons (Fsp3) is 0.545. The minimum atomic E-state index is -1.09. The highest BCUT2D eigenvalue weighted by Gasteiger charge is 2.52. The zero-order valence-corrected chi connectivity index (χ0v) is 18.1. The third-order valence-electron chi connectivity index (χ3n) is 5.77. The van der Waals surface area contributed by atoms with Crippen LogP contribution in [0, 0.1) is 5.92 Å². The van der Waals surface area contributed by atoms with Crippen molar-refractivity contribution in [1.82, 2.24) is 10.2 Å². The number of benzene rings is 1. The second-order valence-corrected chi connectivity index (χ2v) is 8.16. The van der Waals surface area contributed by atoms with Crippen LogP contribution in [0.2, 0.25) is 0 Å². The minimum absolute atomic E-state index is 0.396. The Kier molecular flexibility index (Phi) is 6.82. The van der Waals surface area contributed by atoms with E-state index in [0.717, 1.165) is 17.7 Å². The second kappa shape index (κ2) is 9.36. The first kappa shape index (κ1) is 22.6. The summed E-state index contributed by atoms with van der Waals surface area (Å²) in [5.74, 6) is -0.554. The summed E-state index contributed by atoms with van der Waals surface area (Å²) in [6.45, 7) is 5.43. The highest BCUT2D eigenvalue weighted by atomic mass is 16.5. The molecule has 0 aromatic heterocycles. The quantitative estimate of drug-likeness (QED) is 0.506. The van der Waals surface area contributed by atoms with Gasteiger partial charge >= 0.3 is 12.0 Å². The van der Waals surface area contributed by atoms with Gasteiger partial charge in [0, 0.05) is 5.69 Å². The number of ether oxygens (including phenoxy) is 2. The van der Waals surface area contributed by atoms with E-state index in [9.17, 15) is 19.2 Å². The normalized spacial score (nSPS) is 24.0. The summed E-state index contributed by atoms with van der Waals surface area (Å²) < 4.78 is 10.5. The number of hydrogen-bond acceptors (Lipinski definition) is 6. The zero-order chi connectivity index (χ0) is 22.6. The van der Waals surface area contributed by atoms with Crippen LogP contribution < -0.4 is 15.4 Å². The molecule has 1 aliphatic carbocycles. The maximum atomic E-state index is 12.8. The largest absolute Gasteiger partial charge is 0.494 e. The predicted molar refractivity (Wildman–Crippen MR) is 112 cm³/mol. The van der Waals surface area contributed by atoms with Crippen LogP contribution in [-0.4, -0.2) is 53.5 Å². The molecule has 1 saturated carbocycles. The average molecular weight is 431 g/mol. The molecule has 1 aromatic carbocycles. The molecule has 9 nitrogen and oxygen atoms in total. The minimum Gasteiger partial charge on any atom is -0.494 e. The van der Waals surface area contributed by atoms with Gasteiger partial charge in [-0.3, -0.25) is 19.3 Å². The maximum absolute atomic E-state index is 12.8. The molecule has 4 amide bonds. The summed E-state index contributed by atoms with van der Waals surface area (Å²) in [6.07, 6.45) is 1.71. The van der Waals surface area contributed by atoms with E-state index in [1.54, 1.807) is 24.3 Å². The van der Waals surface area contributed by atoms with E-state index in [1.807, 2.05) is 6.92 Å². The van der Waals surface area contributed by atoms with Crippen LogP contribution in [0.15, 0.2) is 24.3 Å². The highest BCUT2D eigenvalue weighted by molar-refractivity contribution is 6.08. The summed E-state index contributed by atoms with van der Waals surface area (Å²) in [4.78, 5) is 50.6. The molecule has 0 unspecified atom stereocenters. The number of anilines is 1. The Morgan fingerprint density at radius 3 is 2.48 bits per heavy atom. The molecular formula is C22H29N3O6. The third-order valence-corrected chi connectivity index (χ3v) is 5.77. The predicted octanol–water partition coefficient (Wildman–Crippen LogP) is 2.46. The van der Waals surface area contributed by atoms with Crippen LogP contribution in [0.1, 0.15) is 46.5 Å². The zero-order valence-electron chi connectivity index (χ0n) is 18.1. The molecule has 1 atom stereocenters. The summed E-state index contributed by atoms with van der Waals surface area (Å²) >= 11 is 0. The van der Waals surface area contributed by atoms with Crippen LogP contribution in [0.5, 0.6) is 5.75 Å². The highest BCUT2D eigenvalue weighted by Crippen LogP contribution is 2.36. The van der Waals surface area contributed by atoms with Crippen molar-refractivity contribution in [1.29, 1.82) is 0 Å². The van der Waals surface area contributed by atoms with Crippen LogP contribution in [0.3, 0.4) is 0 Å². The van der Waals surface area contributed by atoms with E-state index in [1.165, 1.54) is 6.92 Å². The van der Waals surface area contributed by atoms with E-state index in [4.69, 9.17) is 9.47 Å². The number of carbonyl (C=O) groups is 4. The Balaban J connectivity index is 1.52. The summed E-state index contributed by atoms with van der Waals surface area (Å²) in [5.41, 5.74) is -0.389. The van der Waals surface area contributed by atoms with Gasteiger partial charge in [0.25, 0.3) is 11.8 Å². The van der Waals surface area contributed by atoms with E-state index < -0.39 is 42.0 Å². The van der Waals surface area contributed by atoms with Crippen molar-refractivity contribution in [3.8, 4) is 5.75 Å². The molecule has 0 bridgehead atoms. The summed E-state index contributed by atoms with van der Waals surface area (Å²) in [5, 5.41) is 5.40. The van der Waals surface area contributed by atoms with Gasteiger partial charge in [-0.05, 0) is 69.7 Å². The molecule has 1 aromatic rings. The number of carbonyl (C=O) groups excluding carboxylic acids is 4. The smallest absolute Gasteiger partial charge is 0.327 e. The third kappa shape index (κ3) is 5.15. The number of esters is 1. The SMILES string of the molecule is CCOc1ccc(NC(=O)[C@@H](C)OC(=O)CN2C(=O)NC3(CCC(C)CC3)C2=O)cc1. The summed E-state index contributed by atoms with van der Waals surface area (Å²) in [7, 11) is 0. The Morgan fingerprint density at radius 1 is 1.23 bits per heavy atom. The van der Waals surface area contributed by atoms with Gasteiger partial charge in [-0.1, -0.05) is 6.92 Å². The van der Waals surface area contributed by atoms with Gasteiger partial charge in [0.05, 0.1) is 6.61 Å². The lowest BCUT2D eigenvalue weighted by molar-refractivity contribution is -0.155. The maximum Gasteiger partial charge on any atom is 0.327 e. The first-order valence-corrected chi connectivity index (χ1v) is 10.6. The monoisotopic (exact) mass is 431 g/mol. The first-order chi connectivity index (χ1) is 14.7. The molecule has 168 valence electrons. The molecule has 2 fully saturated rings. The molecule has 31 heavy (non-hydrogen) atoms. The topological polar surface area (TPSA) is 114 Å². The van der Waals surface area contributed by atoms with Gasteiger partial charge in [-0.15, -0.1) is 0 Å². The molecule has 2 aliphatic rings. The number of rotatable bonds is 7. The van der Waals surface area contributed by atoms with Crippen LogP contribution in [0.25, 0.3) is 0 Å². The van der Waals surface area contributed by atoms with Crippen molar-refractivity contribution < 1.29 is 28.7 Å². The number of amides is 4. The van der Waals surface area contributed by atoms with Crippen molar-refractivity contribution in [2.75, 3.05) is 18.5 Å². The van der Waals surface area contributed by atoms with E-state index >= 15 is 0 Å². The number of hydrogen-bond donors (Lipinski definition) is 2. The van der Waals surface area contributed by atoms with Crippen molar-refractivity contribution in [3.05, 3.63) is 24.3 Å². The Bertz CT molecular complexity index is 845. The van der Waals surface area contributed by atoms with Crippen LogP contribution in [0.4, 0.5) is 10.5 Å². The molecule has 9 heteroatoms. The summed E-state index contributed by atoms with van der Waals surface area (Å²) in [6, 6.07) is 6.19. The Morgan fingerprint density at radius 2 is 1.87 bits per heavy atom. The van der Waals surface area contributed by atoms with Crippen molar-refractivity contribution in [2.24, 2.45) is 5.92 Å². The molecule has 2 N–H and O–H groups in total. The Hall–Kier alpha value is -3.10. The lowest BCUT2D eigenvalue weighted by Gasteiger charge is -2.33. The van der Waals surface area contributed by atoms with Gasteiger partial charge in [-0.25, -0.2) is 4.79 Å². The number of imide groups is 1. The van der Waals surface area contributed by atoms with Gasteiger partial charge in [0.2, 0.25) is 0 Å². The molecule has 1 saturated heterocycles. The fourth-order valence-electron chi connectivity index (χ4n) is 3.88. The first-order valence-electron chi connectivity index (χ1n) is 10.6. The number of urea groups is 1. The molecule has 1 spiro atoms. The molecule has 1 heterocycles. The molecule has 1 aliphatic heterocycles. The lowest BCUT2D eigenvalue weighted by Crippen LogP contribution is -2.49. The molecule has 3 rings (SSSR count). The number of nitrogens with zero attached hydrogens (tertiary/aromatic N) is 1. The van der Waals surface area contributed by atoms with Gasteiger partial charge in [0.15, 0.2) is 6.10 Å². The standard InChI is InChI=1S/C22H29N3O6/c1-4-30-17-7-5-16(6-8-17)23-19(27)15(3)31-18(26)13-25-20(28)22(24-21(25)29)11-9-14(2)10-12-22/h5-8,14-15H,4,9-13H2,1-3H3,(H,23,27)(H,24,29)/t14?,15-,22?/m1/s1.